The molecule has 0 fully saturated rings. The Hall–Kier alpha value is -2.72. The van der Waals surface area contributed by atoms with Crippen LogP contribution in [-0.2, 0) is 0 Å². The lowest BCUT2D eigenvalue weighted by molar-refractivity contribution is 1.31. The van der Waals surface area contributed by atoms with Gasteiger partial charge in [0.25, 0.3) is 0 Å². The van der Waals surface area contributed by atoms with Crippen LogP contribution < -0.4 is 5.73 Å². The second-order valence-corrected chi connectivity index (χ2v) is 7.58. The Morgan fingerprint density at radius 2 is 1.12 bits per heavy atom. The molecule has 0 aliphatic rings. The Bertz CT molecular complexity index is 916. The summed E-state index contributed by atoms with van der Waals surface area (Å²) < 4.78 is 0. The highest BCUT2D eigenvalue weighted by Gasteiger charge is 2.05. The lowest BCUT2D eigenvalue weighted by atomic mass is 10.2. The number of hydrogen-bond donors (Lipinski definition) is 1. The number of nitrogens with two attached hydrogens (primary N) is 1. The number of hydrogen-bond acceptors (Lipinski definition) is 3. The SMILES string of the molecule is C#Cc1cccc(Sc2cc(N)cc(Sc3cccc(C#C)c3)c2)c1. The summed E-state index contributed by atoms with van der Waals surface area (Å²) in [6.45, 7) is 0. The Morgan fingerprint density at radius 1 is 0.640 bits per heavy atom. The van der Waals surface area contributed by atoms with Crippen LogP contribution in [0.4, 0.5) is 5.69 Å². The van der Waals surface area contributed by atoms with E-state index in [0.717, 1.165) is 36.4 Å². The van der Waals surface area contributed by atoms with E-state index in [1.165, 1.54) is 0 Å². The molecule has 0 heterocycles. The average molecular weight is 358 g/mol. The summed E-state index contributed by atoms with van der Waals surface area (Å²) in [7, 11) is 0. The third-order valence-corrected chi connectivity index (χ3v) is 5.30. The maximum Gasteiger partial charge on any atom is 0.0336 e. The fourth-order valence-corrected chi connectivity index (χ4v) is 4.33. The molecule has 0 aliphatic heterocycles. The zero-order valence-electron chi connectivity index (χ0n) is 13.4. The van der Waals surface area contributed by atoms with E-state index in [1.54, 1.807) is 23.5 Å². The first-order valence-corrected chi connectivity index (χ1v) is 9.19. The van der Waals surface area contributed by atoms with E-state index in [0.29, 0.717) is 0 Å². The van der Waals surface area contributed by atoms with Gasteiger partial charge < -0.3 is 5.73 Å². The van der Waals surface area contributed by atoms with E-state index < -0.39 is 0 Å². The van der Waals surface area contributed by atoms with Crippen LogP contribution in [-0.4, -0.2) is 0 Å². The van der Waals surface area contributed by atoms with Crippen molar-refractivity contribution in [2.75, 3.05) is 5.73 Å². The van der Waals surface area contributed by atoms with Crippen molar-refractivity contribution in [3.8, 4) is 24.7 Å². The van der Waals surface area contributed by atoms with E-state index in [1.807, 2.05) is 60.7 Å². The second kappa shape index (κ2) is 7.90. The Morgan fingerprint density at radius 3 is 1.56 bits per heavy atom. The van der Waals surface area contributed by atoms with E-state index in [-0.39, 0.29) is 0 Å². The van der Waals surface area contributed by atoms with Crippen molar-refractivity contribution in [3.05, 3.63) is 77.9 Å². The second-order valence-electron chi connectivity index (χ2n) is 5.29. The number of terminal acetylenes is 2. The van der Waals surface area contributed by atoms with Gasteiger partial charge in [0, 0.05) is 36.4 Å². The van der Waals surface area contributed by atoms with Gasteiger partial charge in [-0.2, -0.15) is 0 Å². The molecule has 0 atom stereocenters. The minimum atomic E-state index is 0.730. The van der Waals surface area contributed by atoms with Crippen molar-refractivity contribution in [2.24, 2.45) is 0 Å². The maximum absolute atomic E-state index is 6.09. The highest BCUT2D eigenvalue weighted by molar-refractivity contribution is 8.00. The first-order chi connectivity index (χ1) is 12.2. The third-order valence-electron chi connectivity index (χ3n) is 3.38. The van der Waals surface area contributed by atoms with Crippen LogP contribution in [0.3, 0.4) is 0 Å². The summed E-state index contributed by atoms with van der Waals surface area (Å²) >= 11 is 3.28. The zero-order valence-corrected chi connectivity index (χ0v) is 15.0. The summed E-state index contributed by atoms with van der Waals surface area (Å²) in [5.74, 6) is 5.32. The number of benzene rings is 3. The number of nitrogen functional groups attached to an aromatic ring is 1. The quantitative estimate of drug-likeness (QED) is 0.491. The molecule has 0 aliphatic carbocycles. The van der Waals surface area contributed by atoms with E-state index in [9.17, 15) is 0 Å². The predicted octanol–water partition coefficient (Wildman–Crippen LogP) is 5.53. The Balaban J connectivity index is 1.85. The minimum absolute atomic E-state index is 0.730. The molecule has 3 heteroatoms. The van der Waals surface area contributed by atoms with Crippen molar-refractivity contribution in [1.29, 1.82) is 0 Å². The average Bonchev–Trinajstić information content (AvgIpc) is 2.61. The van der Waals surface area contributed by atoms with Crippen molar-refractivity contribution >= 4 is 29.2 Å². The largest absolute Gasteiger partial charge is 0.399 e. The fraction of sp³-hybridized carbons (Fsp3) is 0. The molecule has 1 nitrogen and oxygen atoms in total. The molecule has 2 N–H and O–H groups in total. The Labute approximate surface area is 157 Å². The van der Waals surface area contributed by atoms with Gasteiger partial charge in [0.15, 0.2) is 0 Å². The van der Waals surface area contributed by atoms with Crippen LogP contribution in [0.5, 0.6) is 0 Å². The van der Waals surface area contributed by atoms with Crippen LogP contribution >= 0.6 is 23.5 Å². The molecule has 0 amide bonds. The van der Waals surface area contributed by atoms with Crippen LogP contribution in [0.25, 0.3) is 0 Å². The van der Waals surface area contributed by atoms with Gasteiger partial charge in [0.1, 0.15) is 0 Å². The normalized spacial score (nSPS) is 10.0. The highest BCUT2D eigenvalue weighted by atomic mass is 32.2. The van der Waals surface area contributed by atoms with Crippen LogP contribution in [0.15, 0.2) is 86.3 Å². The molecule has 120 valence electrons. The van der Waals surface area contributed by atoms with Crippen molar-refractivity contribution in [1.82, 2.24) is 0 Å². The lowest BCUT2D eigenvalue weighted by Gasteiger charge is -2.08. The molecule has 25 heavy (non-hydrogen) atoms. The molecule has 0 radical (unpaired) electrons. The van der Waals surface area contributed by atoms with Gasteiger partial charge in [-0.15, -0.1) is 12.8 Å². The smallest absolute Gasteiger partial charge is 0.0336 e. The first-order valence-electron chi connectivity index (χ1n) is 7.56. The van der Waals surface area contributed by atoms with Crippen LogP contribution in [0.2, 0.25) is 0 Å². The monoisotopic (exact) mass is 357 g/mol. The molecule has 3 aromatic rings. The van der Waals surface area contributed by atoms with Crippen LogP contribution in [0.1, 0.15) is 11.1 Å². The third kappa shape index (κ3) is 4.64. The van der Waals surface area contributed by atoms with Gasteiger partial charge in [-0.05, 0) is 54.6 Å². The summed E-state index contributed by atoms with van der Waals surface area (Å²) in [5, 5.41) is 0. The molecular formula is C22H15NS2. The standard InChI is InChI=1S/C22H15NS2/c1-3-16-7-5-9-19(11-16)24-21-13-18(23)14-22(15-21)25-20-10-6-8-17(4-2)12-20/h1-2,5-15H,23H2. The Kier molecular flexibility index (Phi) is 5.41. The van der Waals surface area contributed by atoms with Crippen molar-refractivity contribution in [3.63, 3.8) is 0 Å². The van der Waals surface area contributed by atoms with Gasteiger partial charge in [0.05, 0.1) is 0 Å². The van der Waals surface area contributed by atoms with Gasteiger partial charge in [-0.3, -0.25) is 0 Å². The van der Waals surface area contributed by atoms with E-state index in [2.05, 4.69) is 17.9 Å². The molecule has 0 saturated heterocycles. The molecule has 0 unspecified atom stereocenters. The van der Waals surface area contributed by atoms with Crippen molar-refractivity contribution < 1.29 is 0 Å². The van der Waals surface area contributed by atoms with E-state index in [4.69, 9.17) is 18.6 Å². The fourth-order valence-electron chi connectivity index (χ4n) is 2.28. The zero-order chi connectivity index (χ0) is 17.6. The highest BCUT2D eigenvalue weighted by Crippen LogP contribution is 2.35. The topological polar surface area (TPSA) is 26.0 Å². The minimum Gasteiger partial charge on any atom is -0.399 e. The maximum atomic E-state index is 6.09. The summed E-state index contributed by atoms with van der Waals surface area (Å²) in [6.07, 6.45) is 10.9. The molecule has 0 bridgehead atoms. The summed E-state index contributed by atoms with van der Waals surface area (Å²) in [5.41, 5.74) is 8.56. The number of anilines is 1. The molecule has 3 rings (SSSR count). The predicted molar refractivity (Wildman–Crippen MR) is 108 cm³/mol. The lowest BCUT2D eigenvalue weighted by Crippen LogP contribution is -1.87. The van der Waals surface area contributed by atoms with E-state index >= 15 is 0 Å². The summed E-state index contributed by atoms with van der Waals surface area (Å²) in [4.78, 5) is 4.33. The molecule has 0 saturated carbocycles. The summed E-state index contributed by atoms with van der Waals surface area (Å²) in [6, 6.07) is 21.9. The van der Waals surface area contributed by atoms with Crippen LogP contribution in [0, 0.1) is 24.7 Å². The van der Waals surface area contributed by atoms with Gasteiger partial charge in [-0.25, -0.2) is 0 Å². The molecule has 0 aromatic heterocycles. The molecule has 3 aromatic carbocycles. The van der Waals surface area contributed by atoms with Gasteiger partial charge >= 0.3 is 0 Å². The van der Waals surface area contributed by atoms with Gasteiger partial charge in [0.2, 0.25) is 0 Å². The molecule has 0 spiro atoms. The van der Waals surface area contributed by atoms with Gasteiger partial charge in [-0.1, -0.05) is 47.5 Å². The number of rotatable bonds is 4. The molecular weight excluding hydrogens is 342 g/mol. The first kappa shape index (κ1) is 17.1. The van der Waals surface area contributed by atoms with Crippen molar-refractivity contribution in [2.45, 2.75) is 19.6 Å².